The summed E-state index contributed by atoms with van der Waals surface area (Å²) < 4.78 is 5.49. The molecule has 0 saturated heterocycles. The van der Waals surface area contributed by atoms with Crippen LogP contribution >= 0.6 is 11.8 Å². The molecule has 0 spiro atoms. The number of benzene rings is 3. The molecule has 0 fully saturated rings. The van der Waals surface area contributed by atoms with Crippen LogP contribution in [-0.4, -0.2) is 23.7 Å². The van der Waals surface area contributed by atoms with Crippen molar-refractivity contribution in [3.05, 3.63) is 83.9 Å². The van der Waals surface area contributed by atoms with E-state index < -0.39 is 0 Å². The number of rotatable bonds is 9. The van der Waals surface area contributed by atoms with Gasteiger partial charge in [0.25, 0.3) is 5.91 Å². The van der Waals surface area contributed by atoms with Gasteiger partial charge in [-0.05, 0) is 67.8 Å². The Labute approximate surface area is 193 Å². The first-order valence-electron chi connectivity index (χ1n) is 10.6. The summed E-state index contributed by atoms with van der Waals surface area (Å²) in [6, 6.07) is 22.7. The molecule has 0 radical (unpaired) electrons. The Morgan fingerprint density at radius 2 is 1.72 bits per heavy atom. The molecule has 0 aliphatic heterocycles. The van der Waals surface area contributed by atoms with Crippen molar-refractivity contribution >= 4 is 35.0 Å². The highest BCUT2D eigenvalue weighted by Crippen LogP contribution is 2.29. The Morgan fingerprint density at radius 3 is 2.47 bits per heavy atom. The smallest absolute Gasteiger partial charge is 0.262 e. The molecule has 1 unspecified atom stereocenters. The lowest BCUT2D eigenvalue weighted by molar-refractivity contribution is -0.118. The minimum absolute atomic E-state index is 0.0306. The summed E-state index contributed by atoms with van der Waals surface area (Å²) >= 11 is 1.48. The first kappa shape index (κ1) is 23.4. The second kappa shape index (κ2) is 11.4. The van der Waals surface area contributed by atoms with E-state index in [-0.39, 0.29) is 23.7 Å². The molecular formula is C26H28N2O3S. The fourth-order valence-electron chi connectivity index (χ4n) is 3.08. The zero-order valence-electron chi connectivity index (χ0n) is 18.6. The summed E-state index contributed by atoms with van der Waals surface area (Å²) in [5.41, 5.74) is 3.65. The van der Waals surface area contributed by atoms with Gasteiger partial charge in [-0.2, -0.15) is 0 Å². The van der Waals surface area contributed by atoms with Crippen LogP contribution < -0.4 is 15.4 Å². The largest absolute Gasteiger partial charge is 0.484 e. The van der Waals surface area contributed by atoms with Crippen molar-refractivity contribution in [2.75, 3.05) is 17.2 Å². The van der Waals surface area contributed by atoms with Crippen LogP contribution in [0.4, 0.5) is 11.4 Å². The molecule has 6 heteroatoms. The van der Waals surface area contributed by atoms with Crippen LogP contribution in [0.1, 0.15) is 24.5 Å². The topological polar surface area (TPSA) is 67.4 Å². The molecule has 0 saturated carbocycles. The summed E-state index contributed by atoms with van der Waals surface area (Å²) in [4.78, 5) is 26.0. The van der Waals surface area contributed by atoms with Gasteiger partial charge in [0.05, 0.1) is 5.25 Å². The van der Waals surface area contributed by atoms with Crippen molar-refractivity contribution < 1.29 is 14.3 Å². The van der Waals surface area contributed by atoms with Crippen LogP contribution in [0, 0.1) is 13.8 Å². The molecule has 5 nitrogen and oxygen atoms in total. The van der Waals surface area contributed by atoms with E-state index in [2.05, 4.69) is 10.6 Å². The van der Waals surface area contributed by atoms with E-state index in [9.17, 15) is 9.59 Å². The van der Waals surface area contributed by atoms with Gasteiger partial charge in [0, 0.05) is 16.3 Å². The number of hydrogen-bond donors (Lipinski definition) is 2. The number of carbonyl (C=O) groups is 2. The summed E-state index contributed by atoms with van der Waals surface area (Å²) in [5.74, 6) is 0.375. The minimum Gasteiger partial charge on any atom is -0.484 e. The van der Waals surface area contributed by atoms with E-state index in [1.165, 1.54) is 11.8 Å². The highest BCUT2D eigenvalue weighted by Gasteiger charge is 2.19. The van der Waals surface area contributed by atoms with E-state index in [0.717, 1.165) is 21.7 Å². The third-order valence-corrected chi connectivity index (χ3v) is 6.18. The SMILES string of the molecule is CCC(Sc1cccc(NC(=O)COc2ccccc2)c1)C(=O)Nc1cc(C)ccc1C. The van der Waals surface area contributed by atoms with Crippen molar-refractivity contribution in [1.29, 1.82) is 0 Å². The molecule has 2 N–H and O–H groups in total. The predicted octanol–water partition coefficient (Wildman–Crippen LogP) is 5.83. The van der Waals surface area contributed by atoms with Crippen molar-refractivity contribution in [3.63, 3.8) is 0 Å². The van der Waals surface area contributed by atoms with Crippen LogP contribution in [0.15, 0.2) is 77.7 Å². The van der Waals surface area contributed by atoms with Crippen LogP contribution in [0.25, 0.3) is 0 Å². The quantitative estimate of drug-likeness (QED) is 0.404. The van der Waals surface area contributed by atoms with Gasteiger partial charge in [-0.25, -0.2) is 0 Å². The molecule has 0 aliphatic carbocycles. The maximum atomic E-state index is 12.9. The number of aryl methyl sites for hydroxylation is 2. The molecule has 3 rings (SSSR count). The zero-order chi connectivity index (χ0) is 22.9. The maximum absolute atomic E-state index is 12.9. The molecule has 0 bridgehead atoms. The molecule has 32 heavy (non-hydrogen) atoms. The van der Waals surface area contributed by atoms with Gasteiger partial charge >= 0.3 is 0 Å². The number of amides is 2. The predicted molar refractivity (Wildman–Crippen MR) is 131 cm³/mol. The lowest BCUT2D eigenvalue weighted by Crippen LogP contribution is -2.25. The number of hydrogen-bond acceptors (Lipinski definition) is 4. The number of carbonyl (C=O) groups excluding carboxylic acids is 2. The summed E-state index contributed by atoms with van der Waals surface area (Å²) in [7, 11) is 0. The van der Waals surface area contributed by atoms with E-state index in [4.69, 9.17) is 4.74 Å². The van der Waals surface area contributed by atoms with Gasteiger partial charge in [0.15, 0.2) is 6.61 Å². The molecule has 0 heterocycles. The number of ether oxygens (including phenoxy) is 1. The fraction of sp³-hybridized carbons (Fsp3) is 0.231. The average molecular weight is 449 g/mol. The zero-order valence-corrected chi connectivity index (χ0v) is 19.4. The van der Waals surface area contributed by atoms with Gasteiger partial charge in [-0.3, -0.25) is 9.59 Å². The molecule has 3 aromatic rings. The average Bonchev–Trinajstić information content (AvgIpc) is 2.79. The molecule has 166 valence electrons. The van der Waals surface area contributed by atoms with Gasteiger partial charge in [0.2, 0.25) is 5.91 Å². The summed E-state index contributed by atoms with van der Waals surface area (Å²) in [6.45, 7) is 5.91. The van der Waals surface area contributed by atoms with E-state index in [0.29, 0.717) is 17.9 Å². The Hall–Kier alpha value is -3.25. The Kier molecular flexibility index (Phi) is 8.34. The Morgan fingerprint density at radius 1 is 0.938 bits per heavy atom. The standard InChI is InChI=1S/C26H28N2O3S/c1-4-24(26(30)28-23-15-18(2)13-14-19(23)3)32-22-12-8-9-20(16-22)27-25(29)17-31-21-10-6-5-7-11-21/h5-16,24H,4,17H2,1-3H3,(H,27,29)(H,28,30). The highest BCUT2D eigenvalue weighted by atomic mass is 32.2. The summed E-state index contributed by atoms with van der Waals surface area (Å²) in [5, 5.41) is 5.66. The molecule has 2 amide bonds. The molecule has 3 aromatic carbocycles. The second-order valence-corrected chi connectivity index (χ2v) is 8.78. The van der Waals surface area contributed by atoms with E-state index in [1.54, 1.807) is 12.1 Å². The molecule has 1 atom stereocenters. The van der Waals surface area contributed by atoms with Crippen molar-refractivity contribution in [2.24, 2.45) is 0 Å². The Balaban J connectivity index is 1.58. The summed E-state index contributed by atoms with van der Waals surface area (Å²) in [6.07, 6.45) is 0.683. The van der Waals surface area contributed by atoms with Crippen LogP contribution in [-0.2, 0) is 9.59 Å². The fourth-order valence-corrected chi connectivity index (χ4v) is 4.09. The third kappa shape index (κ3) is 6.89. The van der Waals surface area contributed by atoms with E-state index in [1.807, 2.05) is 81.4 Å². The van der Waals surface area contributed by atoms with Gasteiger partial charge in [-0.15, -0.1) is 11.8 Å². The van der Waals surface area contributed by atoms with Gasteiger partial charge in [-0.1, -0.05) is 43.3 Å². The van der Waals surface area contributed by atoms with Crippen molar-refractivity contribution in [3.8, 4) is 5.75 Å². The Bertz CT molecular complexity index is 1070. The molecule has 0 aromatic heterocycles. The first-order chi connectivity index (χ1) is 15.4. The number of thioether (sulfide) groups is 1. The molecular weight excluding hydrogens is 420 g/mol. The van der Waals surface area contributed by atoms with Gasteiger partial charge in [0.1, 0.15) is 5.75 Å². The van der Waals surface area contributed by atoms with Crippen molar-refractivity contribution in [2.45, 2.75) is 37.3 Å². The first-order valence-corrected chi connectivity index (χ1v) is 11.4. The minimum atomic E-state index is -0.248. The number of anilines is 2. The molecule has 0 aliphatic rings. The van der Waals surface area contributed by atoms with Crippen LogP contribution in [0.5, 0.6) is 5.75 Å². The number of para-hydroxylation sites is 1. The monoisotopic (exact) mass is 448 g/mol. The normalized spacial score (nSPS) is 11.5. The van der Waals surface area contributed by atoms with Gasteiger partial charge < -0.3 is 15.4 Å². The lowest BCUT2D eigenvalue weighted by atomic mass is 10.1. The highest BCUT2D eigenvalue weighted by molar-refractivity contribution is 8.00. The number of nitrogens with one attached hydrogen (secondary N) is 2. The third-order valence-electron chi connectivity index (χ3n) is 4.82. The maximum Gasteiger partial charge on any atom is 0.262 e. The van der Waals surface area contributed by atoms with E-state index >= 15 is 0 Å². The lowest BCUT2D eigenvalue weighted by Gasteiger charge is -2.17. The second-order valence-electron chi connectivity index (χ2n) is 7.50. The van der Waals surface area contributed by atoms with Crippen molar-refractivity contribution in [1.82, 2.24) is 0 Å². The van der Waals surface area contributed by atoms with Crippen LogP contribution in [0.3, 0.4) is 0 Å². The van der Waals surface area contributed by atoms with Crippen LogP contribution in [0.2, 0.25) is 0 Å².